The van der Waals surface area contributed by atoms with Gasteiger partial charge in [-0.15, -0.1) is 0 Å². The Balaban J connectivity index is 1.59. The summed E-state index contributed by atoms with van der Waals surface area (Å²) < 4.78 is 25.8. The number of methoxy groups -OCH3 is 1. The van der Waals surface area contributed by atoms with Crippen LogP contribution in [-0.4, -0.2) is 33.4 Å². The normalized spacial score (nSPS) is 11.3. The first-order valence-corrected chi connectivity index (χ1v) is 10.3. The average molecular weight is 426 g/mol. The van der Waals surface area contributed by atoms with Gasteiger partial charge in [-0.05, 0) is 30.7 Å². The summed E-state index contributed by atoms with van der Waals surface area (Å²) in [6, 6.07) is 12.0. The molecule has 30 heavy (non-hydrogen) atoms. The molecule has 0 aliphatic carbocycles. The van der Waals surface area contributed by atoms with Crippen LogP contribution in [0, 0.1) is 12.7 Å². The van der Waals surface area contributed by atoms with Crippen LogP contribution in [0.15, 0.2) is 56.9 Å². The summed E-state index contributed by atoms with van der Waals surface area (Å²) in [7, 11) is 1.58. The molecule has 4 rings (SSSR count). The van der Waals surface area contributed by atoms with Crippen molar-refractivity contribution in [3.8, 4) is 11.4 Å². The second-order valence-corrected chi connectivity index (χ2v) is 7.57. The lowest BCUT2D eigenvalue weighted by molar-refractivity contribution is 0.183. The Bertz CT molecular complexity index is 1250. The van der Waals surface area contributed by atoms with E-state index >= 15 is 0 Å². The van der Waals surface area contributed by atoms with E-state index in [0.29, 0.717) is 57.8 Å². The van der Waals surface area contributed by atoms with E-state index in [1.807, 2.05) is 12.1 Å². The predicted octanol–water partition coefficient (Wildman–Crippen LogP) is 3.83. The standard InChI is InChI=1S/C21H19FN4O3S/c1-13-7-8-14(11-16(13)22)19-24-18(29-25-19)12-30-21-23-17-6-4-3-5-15(17)20(27)26(21)9-10-28-2/h3-8,11H,9-10,12H2,1-2H3. The highest BCUT2D eigenvalue weighted by atomic mass is 32.2. The van der Waals surface area contributed by atoms with Gasteiger partial charge in [-0.25, -0.2) is 9.37 Å². The van der Waals surface area contributed by atoms with Crippen molar-refractivity contribution in [2.24, 2.45) is 0 Å². The summed E-state index contributed by atoms with van der Waals surface area (Å²) in [6.45, 7) is 2.46. The monoisotopic (exact) mass is 426 g/mol. The molecule has 0 aliphatic heterocycles. The van der Waals surface area contributed by atoms with Gasteiger partial charge in [0.25, 0.3) is 5.56 Å². The predicted molar refractivity (Wildman–Crippen MR) is 112 cm³/mol. The molecule has 154 valence electrons. The van der Waals surface area contributed by atoms with E-state index in [1.165, 1.54) is 17.8 Å². The molecule has 0 saturated carbocycles. The number of rotatable bonds is 7. The van der Waals surface area contributed by atoms with Gasteiger partial charge in [0.15, 0.2) is 5.16 Å². The first-order valence-electron chi connectivity index (χ1n) is 9.27. The van der Waals surface area contributed by atoms with Crippen LogP contribution in [0.3, 0.4) is 0 Å². The van der Waals surface area contributed by atoms with Crippen LogP contribution in [-0.2, 0) is 17.0 Å². The highest BCUT2D eigenvalue weighted by Gasteiger charge is 2.15. The minimum absolute atomic E-state index is 0.124. The quantitative estimate of drug-likeness (QED) is 0.328. The molecule has 0 radical (unpaired) electrons. The SMILES string of the molecule is COCCn1c(SCc2nc(-c3ccc(C)c(F)c3)no2)nc2ccccc2c1=O. The van der Waals surface area contributed by atoms with Gasteiger partial charge < -0.3 is 9.26 Å². The maximum atomic E-state index is 13.8. The first-order chi connectivity index (χ1) is 14.6. The van der Waals surface area contributed by atoms with Gasteiger partial charge in [-0.1, -0.05) is 41.2 Å². The molecule has 0 amide bonds. The van der Waals surface area contributed by atoms with E-state index in [4.69, 9.17) is 9.26 Å². The third-order valence-electron chi connectivity index (χ3n) is 4.57. The lowest BCUT2D eigenvalue weighted by atomic mass is 10.1. The van der Waals surface area contributed by atoms with E-state index < -0.39 is 0 Å². The molecule has 2 heterocycles. The second kappa shape index (κ2) is 8.76. The number of benzene rings is 2. The molecule has 0 atom stereocenters. The van der Waals surface area contributed by atoms with Crippen LogP contribution in [0.5, 0.6) is 0 Å². The van der Waals surface area contributed by atoms with Gasteiger partial charge >= 0.3 is 0 Å². The van der Waals surface area contributed by atoms with Crippen molar-refractivity contribution in [3.05, 3.63) is 70.1 Å². The molecule has 7 nitrogen and oxygen atoms in total. The molecular formula is C21H19FN4O3S. The Kier molecular flexibility index (Phi) is 5.91. The van der Waals surface area contributed by atoms with Gasteiger partial charge in [-0.3, -0.25) is 9.36 Å². The summed E-state index contributed by atoms with van der Waals surface area (Å²) in [5, 5.41) is 5.03. The summed E-state index contributed by atoms with van der Waals surface area (Å²) in [5.41, 5.74) is 1.59. The minimum atomic E-state index is -0.323. The van der Waals surface area contributed by atoms with Crippen molar-refractivity contribution < 1.29 is 13.7 Å². The van der Waals surface area contributed by atoms with Crippen molar-refractivity contribution >= 4 is 22.7 Å². The molecule has 2 aromatic heterocycles. The highest BCUT2D eigenvalue weighted by Crippen LogP contribution is 2.24. The fourth-order valence-electron chi connectivity index (χ4n) is 2.93. The molecule has 0 unspecified atom stereocenters. The molecule has 0 N–H and O–H groups in total. The Morgan fingerprint density at radius 3 is 2.83 bits per heavy atom. The number of ether oxygens (including phenoxy) is 1. The molecule has 2 aromatic carbocycles. The maximum absolute atomic E-state index is 13.8. The maximum Gasteiger partial charge on any atom is 0.262 e. The molecule has 4 aromatic rings. The number of hydrogen-bond acceptors (Lipinski definition) is 7. The number of thioether (sulfide) groups is 1. The smallest absolute Gasteiger partial charge is 0.262 e. The topological polar surface area (TPSA) is 83.0 Å². The molecule has 0 fully saturated rings. The fourth-order valence-corrected chi connectivity index (χ4v) is 3.79. The van der Waals surface area contributed by atoms with Crippen LogP contribution >= 0.6 is 11.8 Å². The van der Waals surface area contributed by atoms with Crippen LogP contribution in [0.1, 0.15) is 11.5 Å². The zero-order valence-electron chi connectivity index (χ0n) is 16.5. The average Bonchev–Trinajstić information content (AvgIpc) is 3.23. The Morgan fingerprint density at radius 2 is 2.03 bits per heavy atom. The summed E-state index contributed by atoms with van der Waals surface area (Å²) in [6.07, 6.45) is 0. The van der Waals surface area contributed by atoms with Crippen molar-refractivity contribution in [2.45, 2.75) is 24.4 Å². The summed E-state index contributed by atoms with van der Waals surface area (Å²) in [5.74, 6) is 0.666. The Hall–Kier alpha value is -3.04. The van der Waals surface area contributed by atoms with E-state index in [2.05, 4.69) is 15.1 Å². The van der Waals surface area contributed by atoms with Gasteiger partial charge in [0, 0.05) is 12.7 Å². The van der Waals surface area contributed by atoms with E-state index in [1.54, 1.807) is 42.9 Å². The molecule has 0 spiro atoms. The second-order valence-electron chi connectivity index (χ2n) is 6.63. The van der Waals surface area contributed by atoms with Gasteiger partial charge in [0.05, 0.1) is 29.8 Å². The Labute approximate surface area is 175 Å². The fraction of sp³-hybridized carbons (Fsp3) is 0.238. The number of nitrogens with zero attached hydrogens (tertiary/aromatic N) is 4. The number of halogens is 1. The van der Waals surface area contributed by atoms with Crippen LogP contribution in [0.2, 0.25) is 0 Å². The van der Waals surface area contributed by atoms with Crippen molar-refractivity contribution in [3.63, 3.8) is 0 Å². The summed E-state index contributed by atoms with van der Waals surface area (Å²) in [4.78, 5) is 21.8. The number of hydrogen-bond donors (Lipinski definition) is 0. The third-order valence-corrected chi connectivity index (χ3v) is 5.53. The first kappa shape index (κ1) is 20.2. The van der Waals surface area contributed by atoms with Crippen LogP contribution < -0.4 is 5.56 Å². The third kappa shape index (κ3) is 4.12. The molecular weight excluding hydrogens is 407 g/mol. The van der Waals surface area contributed by atoms with E-state index in [9.17, 15) is 9.18 Å². The number of aromatic nitrogens is 4. The minimum Gasteiger partial charge on any atom is -0.383 e. The molecule has 0 saturated heterocycles. The molecule has 0 bridgehead atoms. The lowest BCUT2D eigenvalue weighted by Gasteiger charge is -2.11. The van der Waals surface area contributed by atoms with Gasteiger partial charge in [0.1, 0.15) is 5.82 Å². The zero-order chi connectivity index (χ0) is 21.1. The van der Waals surface area contributed by atoms with Crippen molar-refractivity contribution in [2.75, 3.05) is 13.7 Å². The molecule has 9 heteroatoms. The van der Waals surface area contributed by atoms with Crippen LogP contribution in [0.25, 0.3) is 22.3 Å². The summed E-state index contributed by atoms with van der Waals surface area (Å²) >= 11 is 1.32. The molecule has 0 aliphatic rings. The number of aryl methyl sites for hydroxylation is 1. The zero-order valence-corrected chi connectivity index (χ0v) is 17.3. The number of fused-ring (bicyclic) bond motifs is 1. The van der Waals surface area contributed by atoms with E-state index in [0.717, 1.165) is 0 Å². The van der Waals surface area contributed by atoms with Crippen molar-refractivity contribution in [1.82, 2.24) is 19.7 Å². The number of para-hydroxylation sites is 1. The van der Waals surface area contributed by atoms with Crippen molar-refractivity contribution in [1.29, 1.82) is 0 Å². The Morgan fingerprint density at radius 1 is 1.20 bits per heavy atom. The highest BCUT2D eigenvalue weighted by molar-refractivity contribution is 7.98. The van der Waals surface area contributed by atoms with E-state index in [-0.39, 0.29) is 11.4 Å². The van der Waals surface area contributed by atoms with Crippen LogP contribution in [0.4, 0.5) is 4.39 Å². The van der Waals surface area contributed by atoms with Gasteiger partial charge in [-0.2, -0.15) is 4.98 Å². The lowest BCUT2D eigenvalue weighted by Crippen LogP contribution is -2.25. The van der Waals surface area contributed by atoms with Gasteiger partial charge in [0.2, 0.25) is 11.7 Å². The largest absolute Gasteiger partial charge is 0.383 e.